The van der Waals surface area contributed by atoms with E-state index in [1.54, 1.807) is 18.3 Å². The molecule has 1 heterocycles. The fourth-order valence-electron chi connectivity index (χ4n) is 2.23. The zero-order chi connectivity index (χ0) is 11.9. The highest BCUT2D eigenvalue weighted by Crippen LogP contribution is 2.39. The quantitative estimate of drug-likeness (QED) is 0.877. The van der Waals surface area contributed by atoms with Crippen LogP contribution in [0.15, 0.2) is 6.07 Å². The molecule has 0 saturated carbocycles. The van der Waals surface area contributed by atoms with Gasteiger partial charge in [0.15, 0.2) is 0 Å². The summed E-state index contributed by atoms with van der Waals surface area (Å²) in [4.78, 5) is 13.3. The van der Waals surface area contributed by atoms with Crippen molar-refractivity contribution in [3.05, 3.63) is 21.4 Å². The SMILES string of the molecule is CC(C(=O)O)c1cc2c(s1)CC(C(C)C)C2. The standard InChI is InChI=1S/C13H18O2S/c1-7(2)9-4-10-6-11(8(3)13(14)15)16-12(10)5-9/h6-9H,4-5H2,1-3H3,(H,14,15). The van der Waals surface area contributed by atoms with Gasteiger partial charge in [-0.05, 0) is 43.2 Å². The molecule has 1 N–H and O–H groups in total. The van der Waals surface area contributed by atoms with Gasteiger partial charge in [-0.1, -0.05) is 13.8 Å². The van der Waals surface area contributed by atoms with Crippen molar-refractivity contribution in [2.75, 3.05) is 0 Å². The van der Waals surface area contributed by atoms with Gasteiger partial charge in [0.2, 0.25) is 0 Å². The number of carbonyl (C=O) groups is 1. The van der Waals surface area contributed by atoms with Crippen molar-refractivity contribution >= 4 is 17.3 Å². The molecule has 0 aliphatic heterocycles. The van der Waals surface area contributed by atoms with E-state index in [-0.39, 0.29) is 5.92 Å². The van der Waals surface area contributed by atoms with Gasteiger partial charge in [-0.3, -0.25) is 4.79 Å². The van der Waals surface area contributed by atoms with Crippen LogP contribution in [0.5, 0.6) is 0 Å². The highest BCUT2D eigenvalue weighted by molar-refractivity contribution is 7.12. The summed E-state index contributed by atoms with van der Waals surface area (Å²) < 4.78 is 0. The lowest BCUT2D eigenvalue weighted by Crippen LogP contribution is -2.09. The predicted octanol–water partition coefficient (Wildman–Crippen LogP) is 3.31. The average molecular weight is 238 g/mol. The van der Waals surface area contributed by atoms with Gasteiger partial charge in [-0.15, -0.1) is 11.3 Å². The molecule has 0 saturated heterocycles. The fraction of sp³-hybridized carbons (Fsp3) is 0.615. The molecule has 2 rings (SSSR count). The summed E-state index contributed by atoms with van der Waals surface area (Å²) in [7, 11) is 0. The lowest BCUT2D eigenvalue weighted by atomic mass is 9.93. The first-order chi connectivity index (χ1) is 7.49. The summed E-state index contributed by atoms with van der Waals surface area (Å²) in [6.45, 7) is 6.30. The zero-order valence-corrected chi connectivity index (χ0v) is 10.8. The summed E-state index contributed by atoms with van der Waals surface area (Å²) >= 11 is 1.70. The number of hydrogen-bond donors (Lipinski definition) is 1. The molecular weight excluding hydrogens is 220 g/mol. The minimum atomic E-state index is -0.722. The first-order valence-electron chi connectivity index (χ1n) is 5.83. The number of rotatable bonds is 3. The second-order valence-corrected chi connectivity index (χ2v) is 6.24. The van der Waals surface area contributed by atoms with Crippen molar-refractivity contribution in [2.45, 2.75) is 39.5 Å². The lowest BCUT2D eigenvalue weighted by molar-refractivity contribution is -0.138. The molecule has 1 aliphatic carbocycles. The van der Waals surface area contributed by atoms with Crippen LogP contribution in [0.3, 0.4) is 0 Å². The van der Waals surface area contributed by atoms with Gasteiger partial charge in [-0.2, -0.15) is 0 Å². The van der Waals surface area contributed by atoms with E-state index in [9.17, 15) is 4.79 Å². The molecule has 0 aromatic carbocycles. The maximum Gasteiger partial charge on any atom is 0.311 e. The molecule has 0 amide bonds. The van der Waals surface area contributed by atoms with E-state index in [1.807, 2.05) is 0 Å². The maximum absolute atomic E-state index is 10.9. The Kier molecular flexibility index (Phi) is 3.06. The molecule has 1 aromatic rings. The Bertz CT molecular complexity index is 383. The van der Waals surface area contributed by atoms with E-state index >= 15 is 0 Å². The molecule has 88 valence electrons. The summed E-state index contributed by atoms with van der Waals surface area (Å²) in [5.41, 5.74) is 1.40. The molecule has 16 heavy (non-hydrogen) atoms. The number of fused-ring (bicyclic) bond motifs is 1. The van der Waals surface area contributed by atoms with Gasteiger partial charge < -0.3 is 5.11 Å². The van der Waals surface area contributed by atoms with Crippen LogP contribution < -0.4 is 0 Å². The molecular formula is C13H18O2S. The molecule has 2 nitrogen and oxygen atoms in total. The Morgan fingerprint density at radius 2 is 2.12 bits per heavy atom. The molecule has 1 aromatic heterocycles. The van der Waals surface area contributed by atoms with E-state index < -0.39 is 5.97 Å². The van der Waals surface area contributed by atoms with Crippen LogP contribution in [-0.4, -0.2) is 11.1 Å². The molecule has 0 fully saturated rings. The predicted molar refractivity (Wildman–Crippen MR) is 66.1 cm³/mol. The number of hydrogen-bond acceptors (Lipinski definition) is 2. The first-order valence-corrected chi connectivity index (χ1v) is 6.65. The van der Waals surface area contributed by atoms with E-state index in [4.69, 9.17) is 5.11 Å². The van der Waals surface area contributed by atoms with E-state index in [1.165, 1.54) is 10.4 Å². The van der Waals surface area contributed by atoms with Crippen LogP contribution in [0.4, 0.5) is 0 Å². The van der Waals surface area contributed by atoms with Crippen molar-refractivity contribution in [1.82, 2.24) is 0 Å². The molecule has 1 aliphatic rings. The average Bonchev–Trinajstić information content (AvgIpc) is 2.72. The first kappa shape index (κ1) is 11.6. The van der Waals surface area contributed by atoms with Gasteiger partial charge >= 0.3 is 5.97 Å². The number of thiophene rings is 1. The van der Waals surface area contributed by atoms with Gasteiger partial charge in [-0.25, -0.2) is 0 Å². The minimum Gasteiger partial charge on any atom is -0.481 e. The Morgan fingerprint density at radius 1 is 1.44 bits per heavy atom. The third-order valence-corrected chi connectivity index (χ3v) is 4.97. The van der Waals surface area contributed by atoms with Gasteiger partial charge in [0, 0.05) is 9.75 Å². The summed E-state index contributed by atoms with van der Waals surface area (Å²) in [6.07, 6.45) is 2.28. The fourth-order valence-corrected chi connectivity index (χ4v) is 3.57. The largest absolute Gasteiger partial charge is 0.481 e. The van der Waals surface area contributed by atoms with E-state index in [2.05, 4.69) is 19.9 Å². The van der Waals surface area contributed by atoms with Crippen LogP contribution in [0.25, 0.3) is 0 Å². The normalized spacial score (nSPS) is 21.1. The van der Waals surface area contributed by atoms with Crippen LogP contribution in [0.2, 0.25) is 0 Å². The van der Waals surface area contributed by atoms with Crippen molar-refractivity contribution in [3.63, 3.8) is 0 Å². The molecule has 2 atom stereocenters. The van der Waals surface area contributed by atoms with Crippen molar-refractivity contribution in [3.8, 4) is 0 Å². The van der Waals surface area contributed by atoms with Crippen molar-refractivity contribution in [2.24, 2.45) is 11.8 Å². The summed E-state index contributed by atoms with van der Waals surface area (Å²) in [5.74, 6) is 0.406. The molecule has 2 unspecified atom stereocenters. The summed E-state index contributed by atoms with van der Waals surface area (Å²) in [6, 6.07) is 2.11. The smallest absolute Gasteiger partial charge is 0.311 e. The maximum atomic E-state index is 10.9. The summed E-state index contributed by atoms with van der Waals surface area (Å²) in [5, 5.41) is 8.97. The van der Waals surface area contributed by atoms with E-state index in [0.717, 1.165) is 29.6 Å². The molecule has 3 heteroatoms. The van der Waals surface area contributed by atoms with Crippen LogP contribution in [-0.2, 0) is 17.6 Å². The highest BCUT2D eigenvalue weighted by atomic mass is 32.1. The second-order valence-electron chi connectivity index (χ2n) is 5.07. The Morgan fingerprint density at radius 3 is 2.62 bits per heavy atom. The van der Waals surface area contributed by atoms with Crippen LogP contribution in [0.1, 0.15) is 42.0 Å². The topological polar surface area (TPSA) is 37.3 Å². The van der Waals surface area contributed by atoms with Gasteiger partial charge in [0.05, 0.1) is 5.92 Å². The van der Waals surface area contributed by atoms with Crippen molar-refractivity contribution in [1.29, 1.82) is 0 Å². The Labute approximate surface area is 100 Å². The van der Waals surface area contributed by atoms with Gasteiger partial charge in [0.25, 0.3) is 0 Å². The monoisotopic (exact) mass is 238 g/mol. The second kappa shape index (κ2) is 4.21. The molecule has 0 radical (unpaired) electrons. The van der Waals surface area contributed by atoms with E-state index in [0.29, 0.717) is 0 Å². The third-order valence-electron chi connectivity index (χ3n) is 3.59. The Balaban J connectivity index is 2.16. The number of carboxylic acids is 1. The third kappa shape index (κ3) is 2.01. The minimum absolute atomic E-state index is 0.354. The Hall–Kier alpha value is -0.830. The van der Waals surface area contributed by atoms with Crippen LogP contribution in [0, 0.1) is 11.8 Å². The highest BCUT2D eigenvalue weighted by Gasteiger charge is 2.28. The number of aliphatic carboxylic acids is 1. The number of carboxylic acid groups (broad SMARTS) is 1. The van der Waals surface area contributed by atoms with Gasteiger partial charge in [0.1, 0.15) is 0 Å². The zero-order valence-electron chi connectivity index (χ0n) is 9.99. The lowest BCUT2D eigenvalue weighted by Gasteiger charge is -2.13. The molecule has 0 spiro atoms. The van der Waals surface area contributed by atoms with Crippen LogP contribution >= 0.6 is 11.3 Å². The van der Waals surface area contributed by atoms with Crippen molar-refractivity contribution < 1.29 is 9.90 Å². The molecule has 0 bridgehead atoms.